The highest BCUT2D eigenvalue weighted by molar-refractivity contribution is 7.16. The Balaban J connectivity index is 2.21. The van der Waals surface area contributed by atoms with Crippen LogP contribution in [0.15, 0.2) is 0 Å². The first-order chi connectivity index (χ1) is 7.26. The molecular weight excluding hydrogens is 232 g/mol. The Morgan fingerprint density at radius 3 is 3.07 bits per heavy atom. The molecule has 3 nitrogen and oxygen atoms in total. The van der Waals surface area contributed by atoms with Crippen LogP contribution in [-0.4, -0.2) is 22.7 Å². The highest BCUT2D eigenvalue weighted by Gasteiger charge is 2.26. The molecule has 1 unspecified atom stereocenters. The van der Waals surface area contributed by atoms with Gasteiger partial charge in [-0.05, 0) is 19.3 Å². The molecule has 0 aliphatic carbocycles. The van der Waals surface area contributed by atoms with Crippen molar-refractivity contribution >= 4 is 28.1 Å². The van der Waals surface area contributed by atoms with Gasteiger partial charge < -0.3 is 10.0 Å². The molecule has 0 bridgehead atoms. The lowest BCUT2D eigenvalue weighted by Crippen LogP contribution is -2.28. The van der Waals surface area contributed by atoms with E-state index >= 15 is 0 Å². The molecule has 0 radical (unpaired) electrons. The van der Waals surface area contributed by atoms with Crippen LogP contribution in [0.1, 0.15) is 31.1 Å². The second-order valence-electron chi connectivity index (χ2n) is 3.77. The second kappa shape index (κ2) is 4.68. The van der Waals surface area contributed by atoms with Gasteiger partial charge in [0, 0.05) is 12.6 Å². The predicted molar refractivity (Wildman–Crippen MR) is 63.7 cm³/mol. The highest BCUT2D eigenvalue weighted by atomic mass is 35.5. The molecule has 0 aromatic carbocycles. The lowest BCUT2D eigenvalue weighted by atomic mass is 10.2. The van der Waals surface area contributed by atoms with Gasteiger partial charge >= 0.3 is 0 Å². The zero-order valence-electron chi connectivity index (χ0n) is 8.74. The average Bonchev–Trinajstić information content (AvgIpc) is 2.82. The van der Waals surface area contributed by atoms with Gasteiger partial charge in [0.1, 0.15) is 5.15 Å². The van der Waals surface area contributed by atoms with Crippen molar-refractivity contribution in [2.24, 2.45) is 0 Å². The number of thiazole rings is 1. The Labute approximate surface area is 98.7 Å². The molecule has 1 aromatic rings. The molecule has 1 saturated heterocycles. The predicted octanol–water partition coefficient (Wildman–Crippen LogP) is 2.67. The van der Waals surface area contributed by atoms with Crippen molar-refractivity contribution in [3.05, 3.63) is 10.0 Å². The average molecular weight is 247 g/mol. The molecule has 1 aliphatic heterocycles. The summed E-state index contributed by atoms with van der Waals surface area (Å²) in [7, 11) is 0. The molecule has 0 spiro atoms. The van der Waals surface area contributed by atoms with Gasteiger partial charge in [0.25, 0.3) is 0 Å². The lowest BCUT2D eigenvalue weighted by Gasteiger charge is -2.22. The van der Waals surface area contributed by atoms with Gasteiger partial charge in [-0.25, -0.2) is 4.98 Å². The maximum atomic E-state index is 9.07. The third kappa shape index (κ3) is 2.12. The smallest absolute Gasteiger partial charge is 0.187 e. The summed E-state index contributed by atoms with van der Waals surface area (Å²) in [5.41, 5.74) is 0. The van der Waals surface area contributed by atoms with Gasteiger partial charge in [0.05, 0.1) is 11.5 Å². The number of aromatic nitrogens is 1. The first-order valence-electron chi connectivity index (χ1n) is 5.29. The van der Waals surface area contributed by atoms with Crippen molar-refractivity contribution in [1.82, 2.24) is 4.98 Å². The number of halogens is 1. The van der Waals surface area contributed by atoms with Crippen molar-refractivity contribution in [3.63, 3.8) is 0 Å². The van der Waals surface area contributed by atoms with Crippen molar-refractivity contribution in [2.75, 3.05) is 11.4 Å². The molecule has 0 amide bonds. The third-order valence-corrected chi connectivity index (χ3v) is 4.38. The summed E-state index contributed by atoms with van der Waals surface area (Å²) in [5, 5.41) is 10.5. The first-order valence-corrected chi connectivity index (χ1v) is 6.48. The molecule has 1 atom stereocenters. The fourth-order valence-corrected chi connectivity index (χ4v) is 3.27. The van der Waals surface area contributed by atoms with E-state index in [4.69, 9.17) is 16.7 Å². The summed E-state index contributed by atoms with van der Waals surface area (Å²) in [4.78, 5) is 7.40. The molecule has 1 aromatic heterocycles. The minimum Gasteiger partial charge on any atom is -0.391 e. The van der Waals surface area contributed by atoms with Gasteiger partial charge in [-0.1, -0.05) is 29.9 Å². The molecule has 1 fully saturated rings. The van der Waals surface area contributed by atoms with E-state index < -0.39 is 0 Å². The summed E-state index contributed by atoms with van der Waals surface area (Å²) >= 11 is 7.44. The number of hydrogen-bond acceptors (Lipinski definition) is 4. The maximum absolute atomic E-state index is 9.07. The lowest BCUT2D eigenvalue weighted by molar-refractivity contribution is 0.285. The van der Waals surface area contributed by atoms with E-state index in [9.17, 15) is 0 Å². The van der Waals surface area contributed by atoms with Gasteiger partial charge in [-0.3, -0.25) is 0 Å². The van der Waals surface area contributed by atoms with Crippen molar-refractivity contribution in [1.29, 1.82) is 0 Å². The number of aliphatic hydroxyl groups excluding tert-OH is 1. The van der Waals surface area contributed by atoms with Crippen molar-refractivity contribution < 1.29 is 5.11 Å². The van der Waals surface area contributed by atoms with Gasteiger partial charge in [0.15, 0.2) is 5.13 Å². The Morgan fingerprint density at radius 1 is 1.67 bits per heavy atom. The molecule has 2 rings (SSSR count). The maximum Gasteiger partial charge on any atom is 0.187 e. The molecule has 2 heterocycles. The van der Waals surface area contributed by atoms with E-state index in [1.165, 1.54) is 24.2 Å². The van der Waals surface area contributed by atoms with Crippen LogP contribution in [0.4, 0.5) is 5.13 Å². The Hall–Kier alpha value is -0.320. The summed E-state index contributed by atoms with van der Waals surface area (Å²) in [6.07, 6.45) is 3.61. The van der Waals surface area contributed by atoms with Gasteiger partial charge in [0.2, 0.25) is 0 Å². The summed E-state index contributed by atoms with van der Waals surface area (Å²) < 4.78 is 0. The Kier molecular flexibility index (Phi) is 3.49. The van der Waals surface area contributed by atoms with Crippen LogP contribution in [0, 0.1) is 0 Å². The minimum absolute atomic E-state index is 0.0128. The first kappa shape index (κ1) is 11.2. The highest BCUT2D eigenvalue weighted by Crippen LogP contribution is 2.34. The molecule has 5 heteroatoms. The number of anilines is 1. The number of hydrogen-bond donors (Lipinski definition) is 1. The molecular formula is C10H15ClN2OS. The summed E-state index contributed by atoms with van der Waals surface area (Å²) in [6, 6.07) is 0.596. The molecule has 0 saturated carbocycles. The molecule has 84 valence electrons. The fraction of sp³-hybridized carbons (Fsp3) is 0.700. The van der Waals surface area contributed by atoms with E-state index in [0.29, 0.717) is 11.2 Å². The van der Waals surface area contributed by atoms with Crippen molar-refractivity contribution in [2.45, 2.75) is 38.8 Å². The second-order valence-corrected chi connectivity index (χ2v) is 5.19. The largest absolute Gasteiger partial charge is 0.391 e. The SMILES string of the molecule is CCC1CCCN1c1nc(Cl)c(CO)s1. The van der Waals surface area contributed by atoms with Crippen LogP contribution in [-0.2, 0) is 6.61 Å². The topological polar surface area (TPSA) is 36.4 Å². The molecule has 1 N–H and O–H groups in total. The van der Waals surface area contributed by atoms with Crippen LogP contribution in [0.3, 0.4) is 0 Å². The van der Waals surface area contributed by atoms with Crippen LogP contribution in [0.25, 0.3) is 0 Å². The quantitative estimate of drug-likeness (QED) is 0.891. The van der Waals surface area contributed by atoms with Crippen LogP contribution in [0.2, 0.25) is 5.15 Å². The number of aliphatic hydroxyl groups is 1. The normalized spacial score (nSPS) is 21.3. The van der Waals surface area contributed by atoms with Crippen LogP contribution >= 0.6 is 22.9 Å². The summed E-state index contributed by atoms with van der Waals surface area (Å²) in [6.45, 7) is 3.25. The summed E-state index contributed by atoms with van der Waals surface area (Å²) in [5.74, 6) is 0. The van der Waals surface area contributed by atoms with Crippen molar-refractivity contribution in [3.8, 4) is 0 Å². The fourth-order valence-electron chi connectivity index (χ4n) is 2.05. The van der Waals surface area contributed by atoms with Gasteiger partial charge in [-0.2, -0.15) is 0 Å². The molecule has 1 aliphatic rings. The van der Waals surface area contributed by atoms with E-state index in [-0.39, 0.29) is 6.61 Å². The zero-order chi connectivity index (χ0) is 10.8. The Morgan fingerprint density at radius 2 is 2.47 bits per heavy atom. The van der Waals surface area contributed by atoms with E-state index in [0.717, 1.165) is 23.0 Å². The minimum atomic E-state index is -0.0128. The van der Waals surface area contributed by atoms with E-state index in [1.807, 2.05) is 0 Å². The third-order valence-electron chi connectivity index (χ3n) is 2.88. The van der Waals surface area contributed by atoms with Gasteiger partial charge in [-0.15, -0.1) is 0 Å². The van der Waals surface area contributed by atoms with E-state index in [2.05, 4.69) is 16.8 Å². The monoisotopic (exact) mass is 246 g/mol. The molecule has 15 heavy (non-hydrogen) atoms. The number of rotatable bonds is 3. The zero-order valence-corrected chi connectivity index (χ0v) is 10.3. The Bertz CT molecular complexity index is 342. The number of nitrogens with zero attached hydrogens (tertiary/aromatic N) is 2. The standard InChI is InChI=1S/C10H15ClN2OS/c1-2-7-4-3-5-13(7)10-12-9(11)8(6-14)15-10/h7,14H,2-6H2,1H3. The van der Waals surface area contributed by atoms with Crippen LogP contribution < -0.4 is 4.90 Å². The van der Waals surface area contributed by atoms with Crippen LogP contribution in [0.5, 0.6) is 0 Å². The van der Waals surface area contributed by atoms with E-state index in [1.54, 1.807) is 0 Å².